The average molecular weight is 413 g/mol. The molecule has 2 N–H and O–H groups in total. The van der Waals surface area contributed by atoms with Crippen molar-refractivity contribution in [1.29, 1.82) is 0 Å². The fourth-order valence-corrected chi connectivity index (χ4v) is 3.56. The first-order valence-electron chi connectivity index (χ1n) is 9.71. The Morgan fingerprint density at radius 3 is 2.63 bits per heavy atom. The van der Waals surface area contributed by atoms with Gasteiger partial charge in [0.2, 0.25) is 5.91 Å². The highest BCUT2D eigenvalue weighted by atomic mass is 19.3. The molecule has 0 radical (unpaired) electrons. The van der Waals surface area contributed by atoms with E-state index in [1.165, 1.54) is 0 Å². The zero-order valence-electron chi connectivity index (χ0n) is 16.4. The number of alkyl halides is 2. The molecule has 9 heteroatoms. The predicted molar refractivity (Wildman–Crippen MR) is 107 cm³/mol. The van der Waals surface area contributed by atoms with Crippen LogP contribution in [0.4, 0.5) is 14.6 Å². The number of aromatic nitrogens is 3. The number of aryl methyl sites for hydroxylation is 1. The molecule has 2 amide bonds. The van der Waals surface area contributed by atoms with Gasteiger partial charge in [-0.2, -0.15) is 0 Å². The molecule has 3 aromatic rings. The number of carbonyl (C=O) groups excluding carboxylic acids is 2. The molecule has 1 aromatic carbocycles. The van der Waals surface area contributed by atoms with Crippen molar-refractivity contribution in [2.45, 2.75) is 26.2 Å². The average Bonchev–Trinajstić information content (AvgIpc) is 3.19. The van der Waals surface area contributed by atoms with Gasteiger partial charge in [-0.3, -0.25) is 9.59 Å². The van der Waals surface area contributed by atoms with E-state index in [1.54, 1.807) is 35.4 Å². The molecular weight excluding hydrogens is 392 g/mol. The SMILES string of the molecule is Cc1ccc(NC(=O)C2CCN(C(=O)c3ccc4nc(C(F)F)[nH]c4c3)CC2)nc1. The molecule has 0 saturated carbocycles. The molecule has 1 saturated heterocycles. The second kappa shape index (κ2) is 8.17. The van der Waals surface area contributed by atoms with E-state index in [0.29, 0.717) is 48.3 Å². The van der Waals surface area contributed by atoms with Crippen LogP contribution in [0.2, 0.25) is 0 Å². The summed E-state index contributed by atoms with van der Waals surface area (Å²) in [5.41, 5.74) is 2.20. The number of fused-ring (bicyclic) bond motifs is 1. The van der Waals surface area contributed by atoms with Gasteiger partial charge < -0.3 is 15.2 Å². The Hall–Kier alpha value is -3.36. The quantitative estimate of drug-likeness (QED) is 0.682. The first-order chi connectivity index (χ1) is 14.4. The Kier molecular flexibility index (Phi) is 5.43. The number of hydrogen-bond donors (Lipinski definition) is 2. The van der Waals surface area contributed by atoms with Crippen LogP contribution in [0.5, 0.6) is 0 Å². The summed E-state index contributed by atoms with van der Waals surface area (Å²) in [7, 11) is 0. The molecule has 7 nitrogen and oxygen atoms in total. The van der Waals surface area contributed by atoms with Crippen molar-refractivity contribution in [3.8, 4) is 0 Å². The number of anilines is 1. The monoisotopic (exact) mass is 413 g/mol. The number of likely N-dealkylation sites (tertiary alicyclic amines) is 1. The van der Waals surface area contributed by atoms with Gasteiger partial charge >= 0.3 is 0 Å². The van der Waals surface area contributed by atoms with Crippen LogP contribution in [0, 0.1) is 12.8 Å². The number of aromatic amines is 1. The van der Waals surface area contributed by atoms with E-state index >= 15 is 0 Å². The van der Waals surface area contributed by atoms with Crippen LogP contribution in [0.25, 0.3) is 11.0 Å². The number of H-pyrrole nitrogens is 1. The molecule has 0 unspecified atom stereocenters. The standard InChI is InChI=1S/C21H21F2N5O2/c1-12-2-5-17(24-11-12)27-20(29)13-6-8-28(9-7-13)21(30)14-3-4-15-16(10-14)26-19(25-15)18(22)23/h2-5,10-11,13,18H,6-9H2,1H3,(H,25,26)(H,24,27,29). The van der Waals surface area contributed by atoms with Crippen molar-refractivity contribution in [1.82, 2.24) is 19.9 Å². The number of piperidine rings is 1. The lowest BCUT2D eigenvalue weighted by molar-refractivity contribution is -0.121. The van der Waals surface area contributed by atoms with Gasteiger partial charge in [0.15, 0.2) is 5.82 Å². The number of halogens is 2. The Bertz CT molecular complexity index is 1070. The van der Waals surface area contributed by atoms with E-state index in [4.69, 9.17) is 0 Å². The number of amides is 2. The summed E-state index contributed by atoms with van der Waals surface area (Å²) in [5, 5.41) is 2.82. The van der Waals surface area contributed by atoms with Gasteiger partial charge in [0, 0.05) is 30.8 Å². The van der Waals surface area contributed by atoms with Gasteiger partial charge in [0.05, 0.1) is 11.0 Å². The summed E-state index contributed by atoms with van der Waals surface area (Å²) in [5.74, 6) is -0.383. The van der Waals surface area contributed by atoms with Crippen LogP contribution >= 0.6 is 0 Å². The molecule has 3 heterocycles. The number of hydrogen-bond acceptors (Lipinski definition) is 4. The number of nitrogens with zero attached hydrogens (tertiary/aromatic N) is 3. The molecule has 30 heavy (non-hydrogen) atoms. The molecule has 1 aliphatic rings. The van der Waals surface area contributed by atoms with Crippen LogP contribution in [-0.4, -0.2) is 44.8 Å². The Balaban J connectivity index is 1.37. The van der Waals surface area contributed by atoms with Gasteiger partial charge in [-0.25, -0.2) is 18.7 Å². The van der Waals surface area contributed by atoms with Gasteiger partial charge in [0.25, 0.3) is 12.3 Å². The van der Waals surface area contributed by atoms with Crippen LogP contribution in [0.1, 0.15) is 41.0 Å². The van der Waals surface area contributed by atoms with Gasteiger partial charge in [-0.1, -0.05) is 6.07 Å². The Morgan fingerprint density at radius 2 is 1.97 bits per heavy atom. The number of pyridine rings is 1. The van der Waals surface area contributed by atoms with E-state index in [-0.39, 0.29) is 17.7 Å². The highest BCUT2D eigenvalue weighted by Gasteiger charge is 2.28. The number of carbonyl (C=O) groups is 2. The van der Waals surface area contributed by atoms with Crippen LogP contribution < -0.4 is 5.32 Å². The number of rotatable bonds is 4. The van der Waals surface area contributed by atoms with Crippen molar-refractivity contribution >= 4 is 28.7 Å². The smallest absolute Gasteiger partial charge is 0.295 e. The highest BCUT2D eigenvalue weighted by Crippen LogP contribution is 2.24. The van der Waals surface area contributed by atoms with Crippen molar-refractivity contribution in [3.05, 3.63) is 53.5 Å². The number of nitrogens with one attached hydrogen (secondary N) is 2. The minimum Gasteiger partial charge on any atom is -0.339 e. The molecule has 0 spiro atoms. The molecular formula is C21H21F2N5O2. The van der Waals surface area contributed by atoms with E-state index in [0.717, 1.165) is 5.56 Å². The van der Waals surface area contributed by atoms with E-state index < -0.39 is 12.2 Å². The van der Waals surface area contributed by atoms with Crippen LogP contribution in [-0.2, 0) is 4.79 Å². The lowest BCUT2D eigenvalue weighted by Gasteiger charge is -2.31. The molecule has 0 bridgehead atoms. The van der Waals surface area contributed by atoms with Gasteiger partial charge in [-0.15, -0.1) is 0 Å². The fourth-order valence-electron chi connectivity index (χ4n) is 3.56. The minimum atomic E-state index is -2.70. The molecule has 1 aliphatic heterocycles. The van der Waals surface area contributed by atoms with E-state index in [9.17, 15) is 18.4 Å². The summed E-state index contributed by atoms with van der Waals surface area (Å²) >= 11 is 0. The number of imidazole rings is 1. The Labute approximate surface area is 171 Å². The highest BCUT2D eigenvalue weighted by molar-refractivity contribution is 5.98. The predicted octanol–water partition coefficient (Wildman–Crippen LogP) is 3.69. The van der Waals surface area contributed by atoms with Crippen molar-refractivity contribution in [3.63, 3.8) is 0 Å². The van der Waals surface area contributed by atoms with Crippen LogP contribution in [0.15, 0.2) is 36.5 Å². The molecule has 156 valence electrons. The van der Waals surface area contributed by atoms with Gasteiger partial charge in [-0.05, 0) is 49.6 Å². The second-order valence-electron chi connectivity index (χ2n) is 7.43. The maximum atomic E-state index is 12.8. The summed E-state index contributed by atoms with van der Waals surface area (Å²) in [4.78, 5) is 37.5. The zero-order chi connectivity index (χ0) is 21.3. The van der Waals surface area contributed by atoms with E-state index in [1.807, 2.05) is 13.0 Å². The largest absolute Gasteiger partial charge is 0.339 e. The second-order valence-corrected chi connectivity index (χ2v) is 7.43. The lowest BCUT2D eigenvalue weighted by atomic mass is 9.95. The van der Waals surface area contributed by atoms with Crippen molar-refractivity contribution in [2.75, 3.05) is 18.4 Å². The summed E-state index contributed by atoms with van der Waals surface area (Å²) in [6.07, 6.45) is 0.0885. The van der Waals surface area contributed by atoms with Crippen molar-refractivity contribution in [2.24, 2.45) is 5.92 Å². The lowest BCUT2D eigenvalue weighted by Crippen LogP contribution is -2.41. The fraction of sp³-hybridized carbons (Fsp3) is 0.333. The molecule has 0 atom stereocenters. The third-order valence-electron chi connectivity index (χ3n) is 5.27. The van der Waals surface area contributed by atoms with Crippen molar-refractivity contribution < 1.29 is 18.4 Å². The topological polar surface area (TPSA) is 91.0 Å². The van der Waals surface area contributed by atoms with Gasteiger partial charge in [0.1, 0.15) is 5.82 Å². The number of benzene rings is 1. The first kappa shape index (κ1) is 19.9. The zero-order valence-corrected chi connectivity index (χ0v) is 16.4. The third kappa shape index (κ3) is 4.14. The Morgan fingerprint density at radius 1 is 1.20 bits per heavy atom. The van der Waals surface area contributed by atoms with E-state index in [2.05, 4.69) is 20.3 Å². The maximum absolute atomic E-state index is 12.8. The molecule has 2 aromatic heterocycles. The summed E-state index contributed by atoms with van der Waals surface area (Å²) in [6.45, 7) is 2.82. The molecule has 1 fully saturated rings. The molecule has 4 rings (SSSR count). The normalized spacial score (nSPS) is 15.0. The summed E-state index contributed by atoms with van der Waals surface area (Å²) in [6, 6.07) is 8.32. The maximum Gasteiger partial charge on any atom is 0.295 e. The summed E-state index contributed by atoms with van der Waals surface area (Å²) < 4.78 is 25.6. The molecule has 0 aliphatic carbocycles. The third-order valence-corrected chi connectivity index (χ3v) is 5.27. The first-order valence-corrected chi connectivity index (χ1v) is 9.71. The van der Waals surface area contributed by atoms with Crippen LogP contribution in [0.3, 0.4) is 0 Å². The minimum absolute atomic E-state index is 0.100.